The zero-order valence-corrected chi connectivity index (χ0v) is 12.2. The molecule has 0 radical (unpaired) electrons. The summed E-state index contributed by atoms with van der Waals surface area (Å²) in [5.41, 5.74) is 0. The van der Waals surface area contributed by atoms with E-state index in [1.807, 2.05) is 4.90 Å². The summed E-state index contributed by atoms with van der Waals surface area (Å²) < 4.78 is 5.12. The average molecular weight is 303 g/mol. The van der Waals surface area contributed by atoms with Gasteiger partial charge in [-0.3, -0.25) is 0 Å². The second-order valence-electron chi connectivity index (χ2n) is 4.42. The molecule has 0 spiro atoms. The number of aromatic nitrogens is 1. The first-order valence-electron chi connectivity index (χ1n) is 6.37. The van der Waals surface area contributed by atoms with Crippen molar-refractivity contribution in [3.63, 3.8) is 0 Å². The lowest BCUT2D eigenvalue weighted by atomic mass is 10.0. The second-order valence-corrected chi connectivity index (χ2v) is 5.26. The van der Waals surface area contributed by atoms with E-state index in [1.54, 1.807) is 19.2 Å². The quantitative estimate of drug-likeness (QED) is 0.803. The van der Waals surface area contributed by atoms with Crippen LogP contribution in [0.15, 0.2) is 12.3 Å². The number of halogens is 2. The number of piperidine rings is 1. The Kier molecular flexibility index (Phi) is 4.88. The van der Waals surface area contributed by atoms with Crippen LogP contribution in [0.25, 0.3) is 0 Å². The first-order chi connectivity index (χ1) is 9.13. The predicted molar refractivity (Wildman–Crippen MR) is 75.9 cm³/mol. The van der Waals surface area contributed by atoms with Gasteiger partial charge in [-0.25, -0.2) is 9.78 Å². The van der Waals surface area contributed by atoms with Crippen molar-refractivity contribution in [2.24, 2.45) is 0 Å². The molecule has 0 N–H and O–H groups in total. The highest BCUT2D eigenvalue weighted by Gasteiger charge is 2.31. The van der Waals surface area contributed by atoms with E-state index in [2.05, 4.69) is 4.98 Å². The fourth-order valence-electron chi connectivity index (χ4n) is 2.29. The van der Waals surface area contributed by atoms with Crippen molar-refractivity contribution in [2.75, 3.05) is 18.1 Å². The second kappa shape index (κ2) is 6.44. The zero-order chi connectivity index (χ0) is 13.8. The Bertz CT molecular complexity index is 468. The van der Waals surface area contributed by atoms with Gasteiger partial charge < -0.3 is 9.64 Å². The van der Waals surface area contributed by atoms with Gasteiger partial charge in [0.2, 0.25) is 0 Å². The Morgan fingerprint density at radius 2 is 2.32 bits per heavy atom. The van der Waals surface area contributed by atoms with Crippen LogP contribution in [-0.2, 0) is 9.53 Å². The molecular formula is C13H16Cl2N2O2. The third-order valence-corrected chi connectivity index (χ3v) is 3.61. The summed E-state index contributed by atoms with van der Waals surface area (Å²) in [6.07, 6.45) is 4.32. The molecule has 1 fully saturated rings. The molecule has 0 aromatic carbocycles. The van der Waals surface area contributed by atoms with Crippen molar-refractivity contribution in [2.45, 2.75) is 32.2 Å². The van der Waals surface area contributed by atoms with Crippen molar-refractivity contribution >= 4 is 35.0 Å². The molecule has 0 amide bonds. The third-order valence-electron chi connectivity index (χ3n) is 3.12. The van der Waals surface area contributed by atoms with Gasteiger partial charge in [-0.2, -0.15) is 0 Å². The number of nitrogens with zero attached hydrogens (tertiary/aromatic N) is 2. The highest BCUT2D eigenvalue weighted by Crippen LogP contribution is 2.31. The van der Waals surface area contributed by atoms with Crippen molar-refractivity contribution in [3.05, 3.63) is 22.3 Å². The Balaban J connectivity index is 2.26. The van der Waals surface area contributed by atoms with Gasteiger partial charge in [-0.05, 0) is 32.3 Å². The maximum Gasteiger partial charge on any atom is 0.328 e. The van der Waals surface area contributed by atoms with Gasteiger partial charge in [0.05, 0.1) is 16.7 Å². The monoisotopic (exact) mass is 302 g/mol. The third kappa shape index (κ3) is 3.31. The number of hydrogen-bond acceptors (Lipinski definition) is 4. The van der Waals surface area contributed by atoms with Crippen molar-refractivity contribution in [1.82, 2.24) is 4.98 Å². The van der Waals surface area contributed by atoms with Crippen LogP contribution in [0.1, 0.15) is 26.2 Å². The lowest BCUT2D eigenvalue weighted by Crippen LogP contribution is -2.46. The largest absolute Gasteiger partial charge is 0.464 e. The Labute approximate surface area is 122 Å². The number of carbonyl (C=O) groups excluding carboxylic acids is 1. The van der Waals surface area contributed by atoms with Crippen LogP contribution >= 0.6 is 23.2 Å². The molecule has 104 valence electrons. The van der Waals surface area contributed by atoms with E-state index >= 15 is 0 Å². The topological polar surface area (TPSA) is 42.4 Å². The fourth-order valence-corrected chi connectivity index (χ4v) is 2.78. The van der Waals surface area contributed by atoms with Crippen LogP contribution < -0.4 is 4.90 Å². The van der Waals surface area contributed by atoms with Gasteiger partial charge >= 0.3 is 5.97 Å². The van der Waals surface area contributed by atoms with Crippen LogP contribution in [0.5, 0.6) is 0 Å². The molecule has 1 aromatic heterocycles. The summed E-state index contributed by atoms with van der Waals surface area (Å²) >= 11 is 12.0. The SMILES string of the molecule is CCOC(=O)C1CCCCN1c1ncc(Cl)cc1Cl. The van der Waals surface area contributed by atoms with Crippen LogP contribution in [0.4, 0.5) is 5.82 Å². The number of hydrogen-bond donors (Lipinski definition) is 0. The Hall–Kier alpha value is -1.000. The average Bonchev–Trinajstić information content (AvgIpc) is 2.39. The molecule has 1 aliphatic rings. The van der Waals surface area contributed by atoms with Gasteiger partial charge in [0.1, 0.15) is 11.9 Å². The van der Waals surface area contributed by atoms with Gasteiger partial charge in [0, 0.05) is 12.7 Å². The molecule has 1 aromatic rings. The van der Waals surface area contributed by atoms with E-state index in [1.165, 1.54) is 0 Å². The lowest BCUT2D eigenvalue weighted by Gasteiger charge is -2.35. The molecular weight excluding hydrogens is 287 g/mol. The van der Waals surface area contributed by atoms with E-state index < -0.39 is 0 Å². The van der Waals surface area contributed by atoms with Gasteiger partial charge in [-0.15, -0.1) is 0 Å². The molecule has 6 heteroatoms. The summed E-state index contributed by atoms with van der Waals surface area (Å²) in [6.45, 7) is 2.93. The van der Waals surface area contributed by atoms with Crippen molar-refractivity contribution in [1.29, 1.82) is 0 Å². The normalized spacial score (nSPS) is 19.3. The summed E-state index contributed by atoms with van der Waals surface area (Å²) in [6, 6.07) is 1.34. The molecule has 2 heterocycles. The standard InChI is InChI=1S/C13H16Cl2N2O2/c1-2-19-13(18)11-5-3-4-6-17(11)12-10(15)7-9(14)8-16-12/h7-8,11H,2-6H2,1H3. The highest BCUT2D eigenvalue weighted by molar-refractivity contribution is 6.36. The molecule has 0 bridgehead atoms. The van der Waals surface area contributed by atoms with Crippen LogP contribution in [0.2, 0.25) is 10.0 Å². The number of esters is 1. The summed E-state index contributed by atoms with van der Waals surface area (Å²) in [5.74, 6) is 0.388. The first-order valence-corrected chi connectivity index (χ1v) is 7.13. The number of ether oxygens (including phenoxy) is 1. The number of anilines is 1. The van der Waals surface area contributed by atoms with E-state index in [4.69, 9.17) is 27.9 Å². The summed E-state index contributed by atoms with van der Waals surface area (Å²) in [7, 11) is 0. The zero-order valence-electron chi connectivity index (χ0n) is 10.7. The van der Waals surface area contributed by atoms with Crippen molar-refractivity contribution < 1.29 is 9.53 Å². The first kappa shape index (κ1) is 14.4. The number of carbonyl (C=O) groups is 1. The molecule has 0 saturated carbocycles. The maximum absolute atomic E-state index is 12.0. The van der Waals surface area contributed by atoms with Crippen molar-refractivity contribution in [3.8, 4) is 0 Å². The molecule has 1 unspecified atom stereocenters. The van der Waals surface area contributed by atoms with E-state index in [-0.39, 0.29) is 12.0 Å². The minimum absolute atomic E-state index is 0.213. The van der Waals surface area contributed by atoms with Gasteiger partial charge in [-0.1, -0.05) is 23.2 Å². The number of pyridine rings is 1. The summed E-state index contributed by atoms with van der Waals surface area (Å²) in [5, 5.41) is 0.946. The molecule has 19 heavy (non-hydrogen) atoms. The Morgan fingerprint density at radius 1 is 1.53 bits per heavy atom. The van der Waals surface area contributed by atoms with Crippen LogP contribution in [0, 0.1) is 0 Å². The fraction of sp³-hybridized carbons (Fsp3) is 0.538. The minimum Gasteiger partial charge on any atom is -0.464 e. The van der Waals surface area contributed by atoms with Gasteiger partial charge in [0.15, 0.2) is 0 Å². The van der Waals surface area contributed by atoms with Crippen LogP contribution in [0.3, 0.4) is 0 Å². The van der Waals surface area contributed by atoms with Gasteiger partial charge in [0.25, 0.3) is 0 Å². The van der Waals surface area contributed by atoms with E-state index in [9.17, 15) is 4.79 Å². The molecule has 0 aliphatic carbocycles. The molecule has 1 atom stereocenters. The van der Waals surface area contributed by atoms with E-state index in [0.717, 1.165) is 25.8 Å². The molecule has 1 saturated heterocycles. The highest BCUT2D eigenvalue weighted by atomic mass is 35.5. The Morgan fingerprint density at radius 3 is 3.00 bits per heavy atom. The van der Waals surface area contributed by atoms with Crippen LogP contribution in [-0.4, -0.2) is 30.1 Å². The lowest BCUT2D eigenvalue weighted by molar-refractivity contribution is -0.145. The smallest absolute Gasteiger partial charge is 0.328 e. The molecule has 4 nitrogen and oxygen atoms in total. The molecule has 1 aliphatic heterocycles. The molecule has 2 rings (SSSR count). The predicted octanol–water partition coefficient (Wildman–Crippen LogP) is 3.31. The maximum atomic E-state index is 12.0. The number of rotatable bonds is 3. The summed E-state index contributed by atoms with van der Waals surface area (Å²) in [4.78, 5) is 18.2. The van der Waals surface area contributed by atoms with E-state index in [0.29, 0.717) is 22.5 Å². The minimum atomic E-state index is -0.306.